The summed E-state index contributed by atoms with van der Waals surface area (Å²) >= 11 is 0. The molecule has 0 aliphatic carbocycles. The Balaban J connectivity index is 2.26. The lowest BCUT2D eigenvalue weighted by Crippen LogP contribution is -1.97. The Kier molecular flexibility index (Phi) is 4.16. The topological polar surface area (TPSA) is 12.4 Å². The fourth-order valence-corrected chi connectivity index (χ4v) is 2.47. The highest BCUT2D eigenvalue weighted by molar-refractivity contribution is 5.87. The lowest BCUT2D eigenvalue weighted by Gasteiger charge is -2.08. The maximum atomic E-state index is 4.81. The zero-order valence-electron chi connectivity index (χ0n) is 12.2. The first-order valence-electron chi connectivity index (χ1n) is 6.72. The van der Waals surface area contributed by atoms with Crippen molar-refractivity contribution in [3.63, 3.8) is 0 Å². The molecule has 19 heavy (non-hydrogen) atoms. The third-order valence-electron chi connectivity index (χ3n) is 3.24. The zero-order valence-corrected chi connectivity index (χ0v) is 12.2. The Morgan fingerprint density at radius 2 is 1.53 bits per heavy atom. The van der Waals surface area contributed by atoms with Gasteiger partial charge in [0.2, 0.25) is 0 Å². The van der Waals surface area contributed by atoms with Gasteiger partial charge in [0.1, 0.15) is 0 Å². The molecule has 1 heteroatoms. The van der Waals surface area contributed by atoms with Gasteiger partial charge < -0.3 is 0 Å². The quantitative estimate of drug-likeness (QED) is 0.685. The highest BCUT2D eigenvalue weighted by atomic mass is 14.7. The Bertz CT molecular complexity index is 571. The third-order valence-corrected chi connectivity index (χ3v) is 3.24. The van der Waals surface area contributed by atoms with Gasteiger partial charge in [-0.05, 0) is 44.4 Å². The molecule has 0 aliphatic rings. The van der Waals surface area contributed by atoms with E-state index in [9.17, 15) is 0 Å². The first kappa shape index (κ1) is 13.5. The van der Waals surface area contributed by atoms with E-state index >= 15 is 0 Å². The molecule has 2 aromatic carbocycles. The summed E-state index contributed by atoms with van der Waals surface area (Å²) in [5, 5.41) is 0. The van der Waals surface area contributed by atoms with Crippen LogP contribution in [-0.2, 0) is 6.42 Å². The molecule has 2 aromatic rings. The molecule has 0 spiro atoms. The highest BCUT2D eigenvalue weighted by Gasteiger charge is 2.03. The van der Waals surface area contributed by atoms with Gasteiger partial charge in [0.25, 0.3) is 0 Å². The predicted octanol–water partition coefficient (Wildman–Crippen LogP) is 4.95. The lowest BCUT2D eigenvalue weighted by atomic mass is 10.0. The number of benzene rings is 2. The smallest absolute Gasteiger partial charge is 0.0687 e. The minimum absolute atomic E-state index is 0.910. The van der Waals surface area contributed by atoms with Crippen molar-refractivity contribution in [2.75, 3.05) is 0 Å². The molecular weight excluding hydrogens is 230 g/mol. The van der Waals surface area contributed by atoms with Crippen LogP contribution >= 0.6 is 0 Å². The van der Waals surface area contributed by atoms with Gasteiger partial charge in [-0.15, -0.1) is 0 Å². The predicted molar refractivity (Wildman–Crippen MR) is 83.6 cm³/mol. The third kappa shape index (κ3) is 3.54. The molecule has 0 unspecified atom stereocenters. The number of hydrogen-bond acceptors (Lipinski definition) is 1. The van der Waals surface area contributed by atoms with Crippen LogP contribution < -0.4 is 0 Å². The minimum atomic E-state index is 0.910. The van der Waals surface area contributed by atoms with E-state index < -0.39 is 0 Å². The Hall–Kier alpha value is -1.89. The van der Waals surface area contributed by atoms with Crippen molar-refractivity contribution in [1.29, 1.82) is 0 Å². The van der Waals surface area contributed by atoms with Gasteiger partial charge in [-0.1, -0.05) is 48.0 Å². The van der Waals surface area contributed by atoms with Gasteiger partial charge >= 0.3 is 0 Å². The summed E-state index contributed by atoms with van der Waals surface area (Å²) in [5.74, 6) is 0. The lowest BCUT2D eigenvalue weighted by molar-refractivity contribution is 1.24. The fourth-order valence-electron chi connectivity index (χ4n) is 2.47. The average Bonchev–Trinajstić information content (AvgIpc) is 2.35. The van der Waals surface area contributed by atoms with E-state index in [2.05, 4.69) is 64.1 Å². The highest BCUT2D eigenvalue weighted by Crippen LogP contribution is 2.25. The van der Waals surface area contributed by atoms with E-state index in [0.717, 1.165) is 17.8 Å². The SMILES string of the molecule is CC(Cc1ccccc1)=Nc1c(C)cc(C)cc1C. The van der Waals surface area contributed by atoms with Gasteiger partial charge in [0.05, 0.1) is 5.69 Å². The van der Waals surface area contributed by atoms with Crippen LogP contribution in [0.4, 0.5) is 5.69 Å². The summed E-state index contributed by atoms with van der Waals surface area (Å²) < 4.78 is 0. The largest absolute Gasteiger partial charge is 0.257 e. The molecule has 0 saturated heterocycles. The van der Waals surface area contributed by atoms with Gasteiger partial charge in [0.15, 0.2) is 0 Å². The van der Waals surface area contributed by atoms with Crippen molar-refractivity contribution in [1.82, 2.24) is 0 Å². The normalized spacial score (nSPS) is 11.7. The van der Waals surface area contributed by atoms with Crippen LogP contribution in [0.1, 0.15) is 29.2 Å². The van der Waals surface area contributed by atoms with E-state index in [1.165, 1.54) is 22.3 Å². The summed E-state index contributed by atoms with van der Waals surface area (Å²) in [6.07, 6.45) is 0.910. The first-order chi connectivity index (χ1) is 9.06. The van der Waals surface area contributed by atoms with E-state index in [-0.39, 0.29) is 0 Å². The monoisotopic (exact) mass is 251 g/mol. The van der Waals surface area contributed by atoms with Crippen LogP contribution in [-0.4, -0.2) is 5.71 Å². The van der Waals surface area contributed by atoms with Gasteiger partial charge in [0, 0.05) is 12.1 Å². The maximum absolute atomic E-state index is 4.81. The Morgan fingerprint density at radius 3 is 2.11 bits per heavy atom. The van der Waals surface area contributed by atoms with Crippen LogP contribution in [0.15, 0.2) is 47.5 Å². The molecule has 0 saturated carbocycles. The van der Waals surface area contributed by atoms with Crippen molar-refractivity contribution in [2.45, 2.75) is 34.1 Å². The van der Waals surface area contributed by atoms with Crippen molar-refractivity contribution in [3.05, 3.63) is 64.7 Å². The molecular formula is C18H21N. The maximum Gasteiger partial charge on any atom is 0.0687 e. The summed E-state index contributed by atoms with van der Waals surface area (Å²) in [7, 11) is 0. The fraction of sp³-hybridized carbons (Fsp3) is 0.278. The molecule has 1 nitrogen and oxygen atoms in total. The Morgan fingerprint density at radius 1 is 0.947 bits per heavy atom. The van der Waals surface area contributed by atoms with E-state index in [1.54, 1.807) is 0 Å². The molecule has 0 amide bonds. The summed E-state index contributed by atoms with van der Waals surface area (Å²) in [6, 6.07) is 14.9. The van der Waals surface area contributed by atoms with E-state index in [0.29, 0.717) is 0 Å². The number of rotatable bonds is 3. The average molecular weight is 251 g/mol. The van der Waals surface area contributed by atoms with Crippen molar-refractivity contribution < 1.29 is 0 Å². The van der Waals surface area contributed by atoms with Crippen LogP contribution in [0, 0.1) is 20.8 Å². The van der Waals surface area contributed by atoms with Crippen LogP contribution in [0.3, 0.4) is 0 Å². The molecule has 0 radical (unpaired) electrons. The van der Waals surface area contributed by atoms with Crippen LogP contribution in [0.5, 0.6) is 0 Å². The van der Waals surface area contributed by atoms with Gasteiger partial charge in [-0.2, -0.15) is 0 Å². The van der Waals surface area contributed by atoms with E-state index in [4.69, 9.17) is 4.99 Å². The molecule has 0 atom stereocenters. The standard InChI is InChI=1S/C18H21N/c1-13-10-14(2)18(15(3)11-13)19-16(4)12-17-8-6-5-7-9-17/h5-11H,12H2,1-4H3. The molecule has 98 valence electrons. The summed E-state index contributed by atoms with van der Waals surface area (Å²) in [4.78, 5) is 4.81. The molecule has 0 N–H and O–H groups in total. The first-order valence-corrected chi connectivity index (χ1v) is 6.72. The van der Waals surface area contributed by atoms with E-state index in [1.807, 2.05) is 6.07 Å². The second-order valence-corrected chi connectivity index (χ2v) is 5.26. The zero-order chi connectivity index (χ0) is 13.8. The Labute approximate surface area is 116 Å². The molecule has 0 aromatic heterocycles. The molecule has 2 rings (SSSR count). The van der Waals surface area contributed by atoms with Crippen LogP contribution in [0.25, 0.3) is 0 Å². The van der Waals surface area contributed by atoms with Gasteiger partial charge in [-0.3, -0.25) is 4.99 Å². The summed E-state index contributed by atoms with van der Waals surface area (Å²) in [6.45, 7) is 8.50. The number of hydrogen-bond donors (Lipinski definition) is 0. The van der Waals surface area contributed by atoms with Crippen molar-refractivity contribution in [2.24, 2.45) is 4.99 Å². The number of aliphatic imine (C=N–C) groups is 1. The van der Waals surface area contributed by atoms with Gasteiger partial charge in [-0.25, -0.2) is 0 Å². The second-order valence-electron chi connectivity index (χ2n) is 5.26. The molecule has 0 heterocycles. The second kappa shape index (κ2) is 5.83. The van der Waals surface area contributed by atoms with Crippen LogP contribution in [0.2, 0.25) is 0 Å². The molecule has 0 aliphatic heterocycles. The van der Waals surface area contributed by atoms with Crippen molar-refractivity contribution in [3.8, 4) is 0 Å². The molecule has 0 bridgehead atoms. The number of nitrogens with zero attached hydrogens (tertiary/aromatic N) is 1. The molecule has 0 fully saturated rings. The summed E-state index contributed by atoms with van der Waals surface area (Å²) in [5.41, 5.74) is 7.40. The minimum Gasteiger partial charge on any atom is -0.257 e. The number of aryl methyl sites for hydroxylation is 3. The van der Waals surface area contributed by atoms with Crippen molar-refractivity contribution >= 4 is 11.4 Å².